The van der Waals surface area contributed by atoms with Crippen LogP contribution in [0.2, 0.25) is 0 Å². The van der Waals surface area contributed by atoms with Crippen molar-refractivity contribution < 1.29 is 9.59 Å². The van der Waals surface area contributed by atoms with Crippen molar-refractivity contribution in [2.75, 3.05) is 4.90 Å². The highest BCUT2D eigenvalue weighted by Gasteiger charge is 2.32. The van der Waals surface area contributed by atoms with Crippen molar-refractivity contribution in [2.24, 2.45) is 4.99 Å². The molecule has 1 aromatic rings. The highest BCUT2D eigenvalue weighted by Crippen LogP contribution is 2.22. The van der Waals surface area contributed by atoms with E-state index in [1.807, 2.05) is 0 Å². The Labute approximate surface area is 96.9 Å². The van der Waals surface area contributed by atoms with Crippen molar-refractivity contribution in [1.29, 1.82) is 0 Å². The SMILES string of the molecule is O=C1C=C(N=C=S)C(=O)N1c1ccccc1. The van der Waals surface area contributed by atoms with Crippen molar-refractivity contribution in [1.82, 2.24) is 0 Å². The van der Waals surface area contributed by atoms with Gasteiger partial charge in [0.05, 0.1) is 10.8 Å². The Morgan fingerprint density at radius 3 is 2.50 bits per heavy atom. The van der Waals surface area contributed by atoms with Crippen LogP contribution in [0.4, 0.5) is 5.69 Å². The normalized spacial score (nSPS) is 14.8. The molecule has 0 fully saturated rings. The Bertz CT molecular complexity index is 530. The summed E-state index contributed by atoms with van der Waals surface area (Å²) in [7, 11) is 0. The quantitative estimate of drug-likeness (QED) is 0.440. The summed E-state index contributed by atoms with van der Waals surface area (Å²) in [5.74, 6) is -0.895. The minimum atomic E-state index is -0.478. The molecular weight excluding hydrogens is 224 g/mol. The summed E-state index contributed by atoms with van der Waals surface area (Å²) < 4.78 is 0. The molecule has 78 valence electrons. The molecule has 16 heavy (non-hydrogen) atoms. The number of aliphatic imine (C=N–C) groups is 1. The smallest absolute Gasteiger partial charge is 0.269 e. The van der Waals surface area contributed by atoms with Crippen molar-refractivity contribution in [2.45, 2.75) is 0 Å². The minimum Gasteiger partial charge on any atom is -0.269 e. The molecule has 0 saturated heterocycles. The zero-order chi connectivity index (χ0) is 11.5. The van der Waals surface area contributed by atoms with Crippen molar-refractivity contribution in [3.05, 3.63) is 42.1 Å². The molecule has 5 heteroatoms. The van der Waals surface area contributed by atoms with Crippen LogP contribution in [0.3, 0.4) is 0 Å². The maximum Gasteiger partial charge on any atom is 0.284 e. The van der Waals surface area contributed by atoms with E-state index in [0.29, 0.717) is 5.69 Å². The van der Waals surface area contributed by atoms with Gasteiger partial charge < -0.3 is 0 Å². The fourth-order valence-electron chi connectivity index (χ4n) is 1.41. The highest BCUT2D eigenvalue weighted by molar-refractivity contribution is 7.78. The number of isothiocyanates is 1. The number of hydrogen-bond donors (Lipinski definition) is 0. The molecule has 2 rings (SSSR count). The van der Waals surface area contributed by atoms with Gasteiger partial charge in [0.2, 0.25) is 0 Å². The Morgan fingerprint density at radius 1 is 1.19 bits per heavy atom. The van der Waals surface area contributed by atoms with Gasteiger partial charge in [-0.15, -0.1) is 0 Å². The van der Waals surface area contributed by atoms with Gasteiger partial charge in [-0.2, -0.15) is 4.99 Å². The van der Waals surface area contributed by atoms with Crippen LogP contribution in [0, 0.1) is 0 Å². The second-order valence-corrected chi connectivity index (χ2v) is 3.23. The molecule has 0 N–H and O–H groups in total. The average molecular weight is 230 g/mol. The molecule has 0 atom stereocenters. The lowest BCUT2D eigenvalue weighted by Gasteiger charge is -2.13. The molecule has 4 nitrogen and oxygen atoms in total. The van der Waals surface area contributed by atoms with E-state index in [1.165, 1.54) is 0 Å². The van der Waals surface area contributed by atoms with Gasteiger partial charge in [0.25, 0.3) is 11.8 Å². The van der Waals surface area contributed by atoms with E-state index >= 15 is 0 Å². The van der Waals surface area contributed by atoms with E-state index in [2.05, 4.69) is 22.4 Å². The lowest BCUT2D eigenvalue weighted by atomic mass is 10.3. The second kappa shape index (κ2) is 4.18. The van der Waals surface area contributed by atoms with E-state index in [-0.39, 0.29) is 5.70 Å². The number of thiocarbonyl (C=S) groups is 1. The Hall–Kier alpha value is -2.10. The molecule has 0 saturated carbocycles. The third kappa shape index (κ3) is 1.69. The lowest BCUT2D eigenvalue weighted by molar-refractivity contribution is -0.120. The maximum absolute atomic E-state index is 11.8. The van der Waals surface area contributed by atoms with Gasteiger partial charge in [0.15, 0.2) is 0 Å². The lowest BCUT2D eigenvalue weighted by Crippen LogP contribution is -2.30. The van der Waals surface area contributed by atoms with Crippen LogP contribution in [-0.2, 0) is 9.59 Å². The van der Waals surface area contributed by atoms with Gasteiger partial charge in [0.1, 0.15) is 5.70 Å². The molecule has 0 unspecified atom stereocenters. The van der Waals surface area contributed by atoms with Crippen LogP contribution < -0.4 is 4.90 Å². The topological polar surface area (TPSA) is 49.7 Å². The van der Waals surface area contributed by atoms with Crippen LogP contribution >= 0.6 is 12.2 Å². The standard InChI is InChI=1S/C11H6N2O2S/c14-10-6-9(12-7-16)11(15)13(10)8-4-2-1-3-5-8/h1-6H. The van der Waals surface area contributed by atoms with Crippen LogP contribution in [0.15, 0.2) is 47.1 Å². The number of carbonyl (C=O) groups is 2. The number of rotatable bonds is 2. The average Bonchev–Trinajstić information content (AvgIpc) is 2.56. The largest absolute Gasteiger partial charge is 0.284 e. The van der Waals surface area contributed by atoms with Gasteiger partial charge in [-0.25, -0.2) is 4.90 Å². The summed E-state index contributed by atoms with van der Waals surface area (Å²) >= 11 is 4.40. The van der Waals surface area contributed by atoms with E-state index in [9.17, 15) is 9.59 Å². The van der Waals surface area contributed by atoms with Crippen LogP contribution in [-0.4, -0.2) is 17.0 Å². The van der Waals surface area contributed by atoms with E-state index in [0.717, 1.165) is 11.0 Å². The molecule has 1 heterocycles. The minimum absolute atomic E-state index is 0.0175. The molecule has 0 bridgehead atoms. The number of nitrogens with zero attached hydrogens (tertiary/aromatic N) is 2. The fourth-order valence-corrected chi connectivity index (χ4v) is 1.51. The predicted octanol–water partition coefficient (Wildman–Crippen LogP) is 1.55. The number of amides is 2. The number of para-hydroxylation sites is 1. The van der Waals surface area contributed by atoms with E-state index in [4.69, 9.17) is 0 Å². The number of carbonyl (C=O) groups excluding carboxylic acids is 2. The van der Waals surface area contributed by atoms with Crippen LogP contribution in [0.1, 0.15) is 0 Å². The molecule has 1 aromatic carbocycles. The summed E-state index contributed by atoms with van der Waals surface area (Å²) in [6.07, 6.45) is 1.15. The molecule has 0 aromatic heterocycles. The Balaban J connectivity index is 2.38. The zero-order valence-electron chi connectivity index (χ0n) is 8.08. The number of hydrogen-bond acceptors (Lipinski definition) is 4. The van der Waals surface area contributed by atoms with Crippen molar-refractivity contribution in [3.63, 3.8) is 0 Å². The monoisotopic (exact) mass is 230 g/mol. The first-order valence-corrected chi connectivity index (χ1v) is 4.88. The summed E-state index contributed by atoms with van der Waals surface area (Å²) in [6.45, 7) is 0. The number of imide groups is 1. The predicted molar refractivity (Wildman–Crippen MR) is 62.0 cm³/mol. The first kappa shape index (κ1) is 10.4. The summed E-state index contributed by atoms with van der Waals surface area (Å²) in [6, 6.07) is 8.65. The van der Waals surface area contributed by atoms with E-state index < -0.39 is 11.8 Å². The molecule has 2 amide bonds. The zero-order valence-corrected chi connectivity index (χ0v) is 8.90. The van der Waals surface area contributed by atoms with E-state index in [1.54, 1.807) is 30.3 Å². The summed E-state index contributed by atoms with van der Waals surface area (Å²) in [5.41, 5.74) is 0.534. The van der Waals surface area contributed by atoms with Gasteiger partial charge in [-0.3, -0.25) is 9.59 Å². The summed E-state index contributed by atoms with van der Waals surface area (Å²) in [5, 5.41) is 2.07. The van der Waals surface area contributed by atoms with Crippen molar-refractivity contribution >= 4 is 34.9 Å². The summed E-state index contributed by atoms with van der Waals surface area (Å²) in [4.78, 5) is 27.9. The second-order valence-electron chi connectivity index (χ2n) is 3.05. The third-order valence-electron chi connectivity index (χ3n) is 2.08. The number of benzene rings is 1. The highest BCUT2D eigenvalue weighted by atomic mass is 32.1. The van der Waals surface area contributed by atoms with Crippen LogP contribution in [0.5, 0.6) is 0 Å². The van der Waals surface area contributed by atoms with Crippen molar-refractivity contribution in [3.8, 4) is 0 Å². The molecule has 0 spiro atoms. The van der Waals surface area contributed by atoms with Gasteiger partial charge in [-0.1, -0.05) is 18.2 Å². The van der Waals surface area contributed by atoms with Crippen LogP contribution in [0.25, 0.3) is 0 Å². The Morgan fingerprint density at radius 2 is 1.88 bits per heavy atom. The first-order valence-electron chi connectivity index (χ1n) is 4.47. The van der Waals surface area contributed by atoms with Gasteiger partial charge >= 0.3 is 0 Å². The molecule has 0 radical (unpaired) electrons. The molecular formula is C11H6N2O2S. The molecule has 0 aliphatic carbocycles. The maximum atomic E-state index is 11.8. The Kier molecular flexibility index (Phi) is 2.72. The van der Waals surface area contributed by atoms with Gasteiger partial charge in [-0.05, 0) is 24.4 Å². The molecule has 1 aliphatic rings. The molecule has 1 aliphatic heterocycles. The van der Waals surface area contributed by atoms with Gasteiger partial charge in [0, 0.05) is 6.08 Å². The first-order chi connectivity index (χ1) is 7.74. The fraction of sp³-hybridized carbons (Fsp3) is 0. The number of anilines is 1. The third-order valence-corrected chi connectivity index (χ3v) is 2.17.